The SMILES string of the molecule is C=C(C)c1ccc(C(C)(C)CC)cc1. The molecule has 14 heavy (non-hydrogen) atoms. The molecular formula is C14H20. The molecule has 0 heteroatoms. The maximum atomic E-state index is 3.94. The zero-order chi connectivity index (χ0) is 10.8. The highest BCUT2D eigenvalue weighted by molar-refractivity contribution is 5.61. The predicted molar refractivity (Wildman–Crippen MR) is 64.5 cm³/mol. The fourth-order valence-electron chi connectivity index (χ4n) is 1.41. The van der Waals surface area contributed by atoms with Crippen molar-refractivity contribution in [3.05, 3.63) is 42.0 Å². The van der Waals surface area contributed by atoms with Crippen LogP contribution in [-0.2, 0) is 5.41 Å². The molecule has 0 fully saturated rings. The van der Waals surface area contributed by atoms with Gasteiger partial charge in [-0.05, 0) is 29.9 Å². The molecule has 76 valence electrons. The average Bonchev–Trinajstić information content (AvgIpc) is 2.18. The highest BCUT2D eigenvalue weighted by Gasteiger charge is 2.17. The van der Waals surface area contributed by atoms with E-state index < -0.39 is 0 Å². The van der Waals surface area contributed by atoms with Crippen molar-refractivity contribution in [3.63, 3.8) is 0 Å². The largest absolute Gasteiger partial charge is 0.0955 e. The van der Waals surface area contributed by atoms with Crippen LogP contribution in [0.3, 0.4) is 0 Å². The maximum Gasteiger partial charge on any atom is -0.0106 e. The molecule has 0 radical (unpaired) electrons. The third-order valence-corrected chi connectivity index (χ3v) is 3.04. The van der Waals surface area contributed by atoms with Crippen LogP contribution in [0.2, 0.25) is 0 Å². The maximum absolute atomic E-state index is 3.94. The zero-order valence-corrected chi connectivity index (χ0v) is 9.72. The van der Waals surface area contributed by atoms with E-state index in [-0.39, 0.29) is 5.41 Å². The Morgan fingerprint density at radius 3 is 2.07 bits per heavy atom. The molecule has 1 aromatic carbocycles. The molecule has 0 heterocycles. The minimum atomic E-state index is 0.285. The first-order valence-electron chi connectivity index (χ1n) is 5.24. The summed E-state index contributed by atoms with van der Waals surface area (Å²) in [6.07, 6.45) is 1.17. The monoisotopic (exact) mass is 188 g/mol. The van der Waals surface area contributed by atoms with E-state index in [2.05, 4.69) is 51.6 Å². The molecular weight excluding hydrogens is 168 g/mol. The number of rotatable bonds is 3. The van der Waals surface area contributed by atoms with E-state index in [0.29, 0.717) is 0 Å². The van der Waals surface area contributed by atoms with Gasteiger partial charge in [0.05, 0.1) is 0 Å². The molecule has 0 unspecified atom stereocenters. The van der Waals surface area contributed by atoms with Crippen LogP contribution in [0.25, 0.3) is 5.57 Å². The Morgan fingerprint density at radius 2 is 1.71 bits per heavy atom. The molecule has 0 bridgehead atoms. The molecule has 0 spiro atoms. The lowest BCUT2D eigenvalue weighted by molar-refractivity contribution is 0.506. The van der Waals surface area contributed by atoms with Gasteiger partial charge in [0, 0.05) is 0 Å². The lowest BCUT2D eigenvalue weighted by Gasteiger charge is -2.23. The van der Waals surface area contributed by atoms with Gasteiger partial charge in [-0.2, -0.15) is 0 Å². The summed E-state index contributed by atoms with van der Waals surface area (Å²) in [4.78, 5) is 0. The fraction of sp³-hybridized carbons (Fsp3) is 0.429. The summed E-state index contributed by atoms with van der Waals surface area (Å²) in [5, 5.41) is 0. The van der Waals surface area contributed by atoms with Crippen LogP contribution in [0, 0.1) is 0 Å². The van der Waals surface area contributed by atoms with Crippen LogP contribution in [-0.4, -0.2) is 0 Å². The second kappa shape index (κ2) is 4.00. The first-order chi connectivity index (χ1) is 6.47. The van der Waals surface area contributed by atoms with Crippen molar-refractivity contribution >= 4 is 5.57 Å². The molecule has 0 aliphatic heterocycles. The summed E-state index contributed by atoms with van der Waals surface area (Å²) < 4.78 is 0. The first-order valence-corrected chi connectivity index (χ1v) is 5.24. The fourth-order valence-corrected chi connectivity index (χ4v) is 1.41. The molecule has 0 N–H and O–H groups in total. The Balaban J connectivity index is 2.99. The smallest absolute Gasteiger partial charge is 0.0106 e. The van der Waals surface area contributed by atoms with Gasteiger partial charge in [0.15, 0.2) is 0 Å². The number of allylic oxidation sites excluding steroid dienone is 1. The lowest BCUT2D eigenvalue weighted by Crippen LogP contribution is -2.15. The van der Waals surface area contributed by atoms with Crippen molar-refractivity contribution in [3.8, 4) is 0 Å². The van der Waals surface area contributed by atoms with Gasteiger partial charge in [0.2, 0.25) is 0 Å². The third-order valence-electron chi connectivity index (χ3n) is 3.04. The Hall–Kier alpha value is -1.04. The van der Waals surface area contributed by atoms with E-state index >= 15 is 0 Å². The van der Waals surface area contributed by atoms with E-state index in [1.165, 1.54) is 17.5 Å². The Kier molecular flexibility index (Phi) is 3.15. The second-order valence-corrected chi connectivity index (χ2v) is 4.60. The van der Waals surface area contributed by atoms with E-state index in [9.17, 15) is 0 Å². The van der Waals surface area contributed by atoms with Gasteiger partial charge in [-0.15, -0.1) is 0 Å². The normalized spacial score (nSPS) is 11.4. The van der Waals surface area contributed by atoms with Gasteiger partial charge in [0.1, 0.15) is 0 Å². The Bertz CT molecular complexity index is 314. The minimum Gasteiger partial charge on any atom is -0.0955 e. The molecule has 1 aromatic rings. The van der Waals surface area contributed by atoms with Crippen molar-refractivity contribution in [2.45, 2.75) is 39.5 Å². The van der Waals surface area contributed by atoms with E-state index in [1.807, 2.05) is 6.92 Å². The zero-order valence-electron chi connectivity index (χ0n) is 9.72. The quantitative estimate of drug-likeness (QED) is 0.659. The highest BCUT2D eigenvalue weighted by atomic mass is 14.2. The van der Waals surface area contributed by atoms with Gasteiger partial charge < -0.3 is 0 Å². The highest BCUT2D eigenvalue weighted by Crippen LogP contribution is 2.27. The van der Waals surface area contributed by atoms with Crippen LogP contribution >= 0.6 is 0 Å². The Labute approximate surface area is 87.7 Å². The molecule has 0 aliphatic carbocycles. The van der Waals surface area contributed by atoms with Gasteiger partial charge in [-0.1, -0.05) is 57.2 Å². The van der Waals surface area contributed by atoms with E-state index in [0.717, 1.165) is 5.57 Å². The second-order valence-electron chi connectivity index (χ2n) is 4.60. The lowest BCUT2D eigenvalue weighted by atomic mass is 9.82. The summed E-state index contributed by atoms with van der Waals surface area (Å²) in [5.74, 6) is 0. The molecule has 0 amide bonds. The third kappa shape index (κ3) is 2.25. The van der Waals surface area contributed by atoms with Crippen molar-refractivity contribution in [1.29, 1.82) is 0 Å². The summed E-state index contributed by atoms with van der Waals surface area (Å²) in [6, 6.07) is 8.76. The molecule has 0 aromatic heterocycles. The van der Waals surface area contributed by atoms with Crippen LogP contribution in [0.5, 0.6) is 0 Å². The van der Waals surface area contributed by atoms with E-state index in [4.69, 9.17) is 0 Å². The van der Waals surface area contributed by atoms with Crippen molar-refractivity contribution < 1.29 is 0 Å². The van der Waals surface area contributed by atoms with Crippen molar-refractivity contribution in [1.82, 2.24) is 0 Å². The summed E-state index contributed by atoms with van der Waals surface area (Å²) in [6.45, 7) is 12.8. The predicted octanol–water partition coefficient (Wildman–Crippen LogP) is 4.41. The average molecular weight is 188 g/mol. The van der Waals surface area contributed by atoms with Gasteiger partial charge >= 0.3 is 0 Å². The molecule has 0 atom stereocenters. The van der Waals surface area contributed by atoms with Crippen LogP contribution in [0.15, 0.2) is 30.8 Å². The molecule has 1 rings (SSSR count). The van der Waals surface area contributed by atoms with Gasteiger partial charge in [-0.25, -0.2) is 0 Å². The molecule has 0 nitrogen and oxygen atoms in total. The summed E-state index contributed by atoms with van der Waals surface area (Å²) in [5.41, 5.74) is 4.06. The van der Waals surface area contributed by atoms with Crippen molar-refractivity contribution in [2.75, 3.05) is 0 Å². The Morgan fingerprint density at radius 1 is 1.21 bits per heavy atom. The number of benzene rings is 1. The minimum absolute atomic E-state index is 0.285. The first kappa shape index (κ1) is 11.0. The van der Waals surface area contributed by atoms with Crippen molar-refractivity contribution in [2.24, 2.45) is 0 Å². The van der Waals surface area contributed by atoms with Gasteiger partial charge in [0.25, 0.3) is 0 Å². The molecule has 0 aliphatic rings. The standard InChI is InChI=1S/C14H20/c1-6-14(4,5)13-9-7-12(8-10-13)11(2)3/h7-10H,2,6H2,1,3-5H3. The summed E-state index contributed by atoms with van der Waals surface area (Å²) >= 11 is 0. The topological polar surface area (TPSA) is 0 Å². The van der Waals surface area contributed by atoms with E-state index in [1.54, 1.807) is 0 Å². The number of hydrogen-bond acceptors (Lipinski definition) is 0. The number of hydrogen-bond donors (Lipinski definition) is 0. The molecule has 0 saturated carbocycles. The molecule has 0 saturated heterocycles. The van der Waals surface area contributed by atoms with Gasteiger partial charge in [-0.3, -0.25) is 0 Å². The van der Waals surface area contributed by atoms with Crippen LogP contribution < -0.4 is 0 Å². The van der Waals surface area contributed by atoms with Crippen LogP contribution in [0.1, 0.15) is 45.2 Å². The van der Waals surface area contributed by atoms with Crippen LogP contribution in [0.4, 0.5) is 0 Å². The summed E-state index contributed by atoms with van der Waals surface area (Å²) in [7, 11) is 0.